The molecule has 1 rings (SSSR count). The summed E-state index contributed by atoms with van der Waals surface area (Å²) in [5, 5.41) is -0.223. The van der Waals surface area contributed by atoms with E-state index in [0.717, 1.165) is 38.5 Å². The highest BCUT2D eigenvalue weighted by molar-refractivity contribution is 7.87. The Morgan fingerprint density at radius 3 is 1.52 bits per heavy atom. The molecule has 0 spiro atoms. The van der Waals surface area contributed by atoms with Gasteiger partial charge in [-0.05, 0) is 19.3 Å². The lowest BCUT2D eigenvalue weighted by molar-refractivity contribution is 0.300. The second-order valence-electron chi connectivity index (χ2n) is 7.82. The third kappa shape index (κ3) is 12.0. The molecule has 1 fully saturated rings. The van der Waals surface area contributed by atoms with Gasteiger partial charge in [0.15, 0.2) is 0 Å². The van der Waals surface area contributed by atoms with E-state index in [1.807, 2.05) is 0 Å². The fourth-order valence-electron chi connectivity index (χ4n) is 3.74. The van der Waals surface area contributed by atoms with Crippen molar-refractivity contribution < 1.29 is 12.6 Å². The summed E-state index contributed by atoms with van der Waals surface area (Å²) in [7, 11) is -3.28. The van der Waals surface area contributed by atoms with Gasteiger partial charge >= 0.3 is 0 Å². The first-order chi connectivity index (χ1) is 12.2. The number of unbranched alkanes of at least 4 members (excludes halogenated alkanes) is 13. The lowest BCUT2D eigenvalue weighted by atomic mass is 10.0. The average Bonchev–Trinajstić information content (AvgIpc) is 3.14. The molecule has 25 heavy (non-hydrogen) atoms. The van der Waals surface area contributed by atoms with Gasteiger partial charge in [-0.25, -0.2) is 0 Å². The minimum absolute atomic E-state index is 0.223. The number of rotatable bonds is 17. The third-order valence-electron chi connectivity index (χ3n) is 5.46. The van der Waals surface area contributed by atoms with Crippen molar-refractivity contribution in [2.24, 2.45) is 0 Å². The maximum Gasteiger partial charge on any atom is 0.270 e. The molecule has 0 radical (unpaired) electrons. The Morgan fingerprint density at radius 1 is 0.680 bits per heavy atom. The molecule has 0 saturated heterocycles. The van der Waals surface area contributed by atoms with E-state index in [1.165, 1.54) is 77.0 Å². The molecule has 0 atom stereocenters. The van der Waals surface area contributed by atoms with E-state index in [-0.39, 0.29) is 5.25 Å². The maximum atomic E-state index is 11.9. The minimum atomic E-state index is -3.28. The number of hydrogen-bond acceptors (Lipinski definition) is 3. The van der Waals surface area contributed by atoms with Gasteiger partial charge < -0.3 is 0 Å². The molecule has 0 bridgehead atoms. The average molecular weight is 375 g/mol. The van der Waals surface area contributed by atoms with Crippen LogP contribution in [0.3, 0.4) is 0 Å². The summed E-state index contributed by atoms with van der Waals surface area (Å²) in [5.74, 6) is 0. The van der Waals surface area contributed by atoms with Crippen molar-refractivity contribution in [2.75, 3.05) is 6.61 Å². The van der Waals surface area contributed by atoms with Crippen LogP contribution in [0.25, 0.3) is 0 Å². The summed E-state index contributed by atoms with van der Waals surface area (Å²) < 4.78 is 29.1. The number of hydrogen-bond donors (Lipinski definition) is 0. The van der Waals surface area contributed by atoms with Crippen molar-refractivity contribution in [3.8, 4) is 0 Å². The van der Waals surface area contributed by atoms with Gasteiger partial charge in [0.05, 0.1) is 11.9 Å². The van der Waals surface area contributed by atoms with Crippen LogP contribution in [-0.4, -0.2) is 20.3 Å². The van der Waals surface area contributed by atoms with Gasteiger partial charge in [-0.1, -0.05) is 103 Å². The molecule has 0 aromatic heterocycles. The van der Waals surface area contributed by atoms with Crippen LogP contribution in [0.2, 0.25) is 0 Å². The van der Waals surface area contributed by atoms with Crippen molar-refractivity contribution in [3.05, 3.63) is 0 Å². The Labute approximate surface area is 157 Å². The smallest absolute Gasteiger partial charge is 0.270 e. The molecule has 0 aliphatic heterocycles. The normalized spacial score (nSPS) is 15.9. The first-order valence-electron chi connectivity index (χ1n) is 11.0. The van der Waals surface area contributed by atoms with Gasteiger partial charge in [0.25, 0.3) is 10.1 Å². The molecule has 0 heterocycles. The van der Waals surface area contributed by atoms with E-state index in [1.54, 1.807) is 0 Å². The van der Waals surface area contributed by atoms with E-state index in [9.17, 15) is 8.42 Å². The van der Waals surface area contributed by atoms with Crippen LogP contribution in [0.1, 0.15) is 122 Å². The second kappa shape index (κ2) is 15.0. The van der Waals surface area contributed by atoms with Crippen molar-refractivity contribution in [2.45, 2.75) is 128 Å². The molecule has 0 aromatic rings. The quantitative estimate of drug-likeness (QED) is 0.209. The largest absolute Gasteiger partial charge is 0.270 e. The topological polar surface area (TPSA) is 43.4 Å². The van der Waals surface area contributed by atoms with Crippen molar-refractivity contribution >= 4 is 10.1 Å². The van der Waals surface area contributed by atoms with E-state index < -0.39 is 10.1 Å². The molecule has 0 amide bonds. The summed E-state index contributed by atoms with van der Waals surface area (Å²) in [5.41, 5.74) is 0. The Morgan fingerprint density at radius 2 is 1.08 bits per heavy atom. The van der Waals surface area contributed by atoms with E-state index in [4.69, 9.17) is 4.18 Å². The molecular weight excluding hydrogens is 332 g/mol. The lowest BCUT2D eigenvalue weighted by Crippen LogP contribution is -2.20. The summed E-state index contributed by atoms with van der Waals surface area (Å²) in [6, 6.07) is 0. The zero-order valence-electron chi connectivity index (χ0n) is 16.6. The molecule has 4 heteroatoms. The van der Waals surface area contributed by atoms with Crippen LogP contribution in [-0.2, 0) is 14.3 Å². The molecule has 1 aliphatic rings. The minimum Gasteiger partial charge on any atom is -0.270 e. The van der Waals surface area contributed by atoms with Gasteiger partial charge in [-0.3, -0.25) is 4.18 Å². The Balaban J connectivity index is 1.79. The van der Waals surface area contributed by atoms with Gasteiger partial charge in [-0.15, -0.1) is 0 Å². The van der Waals surface area contributed by atoms with Crippen molar-refractivity contribution in [1.29, 1.82) is 0 Å². The van der Waals surface area contributed by atoms with Crippen molar-refractivity contribution in [3.63, 3.8) is 0 Å². The SMILES string of the molecule is CCCCCCCCCCCCCCCCOS(=O)(=O)C1CCCC1. The van der Waals surface area contributed by atoms with Gasteiger partial charge in [0, 0.05) is 0 Å². The Bertz CT molecular complexity index is 386. The van der Waals surface area contributed by atoms with Gasteiger partial charge in [0.2, 0.25) is 0 Å². The molecule has 150 valence electrons. The van der Waals surface area contributed by atoms with E-state index in [2.05, 4.69) is 6.92 Å². The summed E-state index contributed by atoms with van der Waals surface area (Å²) in [4.78, 5) is 0. The first-order valence-corrected chi connectivity index (χ1v) is 12.5. The predicted octanol–water partition coefficient (Wildman–Crippen LogP) is 6.76. The van der Waals surface area contributed by atoms with Crippen LogP contribution >= 0.6 is 0 Å². The molecule has 1 aliphatic carbocycles. The molecule has 0 aromatic carbocycles. The van der Waals surface area contributed by atoms with E-state index in [0.29, 0.717) is 6.61 Å². The molecule has 0 N–H and O–H groups in total. The molecular formula is C21H42O3S. The zero-order chi connectivity index (χ0) is 18.2. The van der Waals surface area contributed by atoms with Gasteiger partial charge in [0.1, 0.15) is 0 Å². The molecule has 0 unspecified atom stereocenters. The summed E-state index contributed by atoms with van der Waals surface area (Å²) >= 11 is 0. The van der Waals surface area contributed by atoms with Gasteiger partial charge in [-0.2, -0.15) is 8.42 Å². The first kappa shape index (κ1) is 23.0. The standard InChI is InChI=1S/C21H42O3S/c1-2-3-4-5-6-7-8-9-10-11-12-13-14-17-20-24-25(22,23)21-18-15-16-19-21/h21H,2-20H2,1H3. The predicted molar refractivity (Wildman–Crippen MR) is 107 cm³/mol. The lowest BCUT2D eigenvalue weighted by Gasteiger charge is -2.10. The molecule has 1 saturated carbocycles. The fraction of sp³-hybridized carbons (Fsp3) is 1.00. The highest BCUT2D eigenvalue weighted by Gasteiger charge is 2.29. The summed E-state index contributed by atoms with van der Waals surface area (Å²) in [6.07, 6.45) is 22.0. The van der Waals surface area contributed by atoms with Crippen LogP contribution in [0.15, 0.2) is 0 Å². The molecule has 3 nitrogen and oxygen atoms in total. The Hall–Kier alpha value is -0.0900. The Kier molecular flexibility index (Phi) is 13.8. The fourth-order valence-corrected chi connectivity index (χ4v) is 5.20. The third-order valence-corrected chi connectivity index (χ3v) is 7.24. The summed E-state index contributed by atoms with van der Waals surface area (Å²) in [6.45, 7) is 2.66. The van der Waals surface area contributed by atoms with Crippen LogP contribution in [0.5, 0.6) is 0 Å². The zero-order valence-corrected chi connectivity index (χ0v) is 17.5. The highest BCUT2D eigenvalue weighted by Crippen LogP contribution is 2.25. The van der Waals surface area contributed by atoms with E-state index >= 15 is 0 Å². The van der Waals surface area contributed by atoms with Crippen molar-refractivity contribution in [1.82, 2.24) is 0 Å². The van der Waals surface area contributed by atoms with Crippen LogP contribution in [0.4, 0.5) is 0 Å². The van der Waals surface area contributed by atoms with Crippen LogP contribution < -0.4 is 0 Å². The monoisotopic (exact) mass is 374 g/mol. The highest BCUT2D eigenvalue weighted by atomic mass is 32.2. The second-order valence-corrected chi connectivity index (χ2v) is 9.71. The maximum absolute atomic E-state index is 11.9. The van der Waals surface area contributed by atoms with Crippen LogP contribution in [0, 0.1) is 0 Å².